The highest BCUT2D eigenvalue weighted by atomic mass is 35.5. The number of nitrogens with two attached hydrogens (primary N) is 1. The molecule has 0 saturated carbocycles. The fourth-order valence-electron chi connectivity index (χ4n) is 1.97. The Morgan fingerprint density at radius 3 is 2.69 bits per heavy atom. The number of amides is 2. The van der Waals surface area contributed by atoms with Gasteiger partial charge in [-0.3, -0.25) is 5.41 Å². The lowest BCUT2D eigenvalue weighted by Crippen LogP contribution is -2.34. The molecule has 26 heavy (non-hydrogen) atoms. The number of aromatic nitrogens is 2. The predicted octanol–water partition coefficient (Wildman–Crippen LogP) is 3.01. The van der Waals surface area contributed by atoms with Gasteiger partial charge in [0.05, 0.1) is 17.8 Å². The van der Waals surface area contributed by atoms with E-state index in [0.717, 1.165) is 0 Å². The van der Waals surface area contributed by atoms with Crippen LogP contribution in [0.4, 0.5) is 16.3 Å². The zero-order valence-electron chi connectivity index (χ0n) is 14.5. The van der Waals surface area contributed by atoms with Gasteiger partial charge in [0.15, 0.2) is 0 Å². The van der Waals surface area contributed by atoms with Crippen molar-refractivity contribution in [1.82, 2.24) is 15.3 Å². The van der Waals surface area contributed by atoms with Crippen LogP contribution in [0.5, 0.6) is 11.6 Å². The van der Waals surface area contributed by atoms with E-state index in [1.54, 1.807) is 12.1 Å². The van der Waals surface area contributed by atoms with Crippen molar-refractivity contribution in [2.75, 3.05) is 18.2 Å². The van der Waals surface area contributed by atoms with E-state index < -0.39 is 0 Å². The number of nitrogens with one attached hydrogen (secondary N) is 3. The van der Waals surface area contributed by atoms with E-state index >= 15 is 0 Å². The monoisotopic (exact) mass is 378 g/mol. The summed E-state index contributed by atoms with van der Waals surface area (Å²) in [6, 6.07) is 4.31. The predicted molar refractivity (Wildman–Crippen MR) is 99.1 cm³/mol. The smallest absolute Gasteiger partial charge is 0.319 e. The maximum Gasteiger partial charge on any atom is 0.319 e. The second-order valence-corrected chi connectivity index (χ2v) is 5.88. The Kier molecular flexibility index (Phi) is 6.18. The van der Waals surface area contributed by atoms with Crippen LogP contribution in [0.1, 0.15) is 19.4 Å². The summed E-state index contributed by atoms with van der Waals surface area (Å²) < 4.78 is 10.5. The van der Waals surface area contributed by atoms with Crippen molar-refractivity contribution in [3.63, 3.8) is 0 Å². The molecule has 1 aromatic carbocycles. The molecule has 1 heterocycles. The Morgan fingerprint density at radius 2 is 2.08 bits per heavy atom. The molecule has 0 spiro atoms. The van der Waals surface area contributed by atoms with Gasteiger partial charge in [-0.05, 0) is 26.0 Å². The second kappa shape index (κ2) is 8.34. The van der Waals surface area contributed by atoms with Crippen molar-refractivity contribution >= 4 is 35.0 Å². The van der Waals surface area contributed by atoms with Crippen LogP contribution >= 0.6 is 11.6 Å². The largest absolute Gasteiger partial charge is 0.481 e. The molecule has 2 rings (SSSR count). The zero-order valence-corrected chi connectivity index (χ0v) is 15.2. The van der Waals surface area contributed by atoms with Gasteiger partial charge in [-0.25, -0.2) is 14.8 Å². The molecule has 2 aromatic rings. The van der Waals surface area contributed by atoms with Crippen LogP contribution in [0.2, 0.25) is 5.02 Å². The van der Waals surface area contributed by atoms with Crippen LogP contribution in [0.3, 0.4) is 0 Å². The van der Waals surface area contributed by atoms with Gasteiger partial charge in [-0.1, -0.05) is 11.6 Å². The van der Waals surface area contributed by atoms with E-state index in [4.69, 9.17) is 32.2 Å². The molecule has 138 valence electrons. The summed E-state index contributed by atoms with van der Waals surface area (Å²) in [5.41, 5.74) is 6.32. The minimum atomic E-state index is -0.366. The Morgan fingerprint density at radius 1 is 1.35 bits per heavy atom. The van der Waals surface area contributed by atoms with Crippen molar-refractivity contribution in [3.8, 4) is 11.6 Å². The molecule has 2 amide bonds. The number of anilines is 2. The quantitative estimate of drug-likeness (QED) is 0.466. The normalized spacial score (nSPS) is 10.3. The van der Waals surface area contributed by atoms with Crippen molar-refractivity contribution in [2.24, 2.45) is 0 Å². The first kappa shape index (κ1) is 19.3. The molecule has 0 aliphatic rings. The third-order valence-corrected chi connectivity index (χ3v) is 3.41. The van der Waals surface area contributed by atoms with Crippen molar-refractivity contribution in [2.45, 2.75) is 19.9 Å². The SMILES string of the molecule is COC(=N)c1c(N)ncnc1Oc1ccc(NC(=O)NC(C)C)c(Cl)c1. The van der Waals surface area contributed by atoms with Crippen LogP contribution < -0.4 is 21.1 Å². The molecule has 0 unspecified atom stereocenters. The number of hydrogen-bond acceptors (Lipinski definition) is 7. The molecular weight excluding hydrogens is 360 g/mol. The molecule has 0 fully saturated rings. The number of carbonyl (C=O) groups is 1. The number of ether oxygens (including phenoxy) is 2. The summed E-state index contributed by atoms with van der Waals surface area (Å²) in [5.74, 6) is 0.219. The average Bonchev–Trinajstić information content (AvgIpc) is 2.56. The van der Waals surface area contributed by atoms with Crippen molar-refractivity contribution in [3.05, 3.63) is 35.1 Å². The van der Waals surface area contributed by atoms with E-state index in [2.05, 4.69) is 20.6 Å². The number of halogens is 1. The summed E-state index contributed by atoms with van der Waals surface area (Å²) in [4.78, 5) is 19.6. The van der Waals surface area contributed by atoms with Crippen molar-refractivity contribution < 1.29 is 14.3 Å². The molecule has 9 nitrogen and oxygen atoms in total. The Hall–Kier alpha value is -3.07. The van der Waals surface area contributed by atoms with Crippen LogP contribution in [0.15, 0.2) is 24.5 Å². The fraction of sp³-hybridized carbons (Fsp3) is 0.250. The van der Waals surface area contributed by atoms with E-state index in [1.807, 2.05) is 13.8 Å². The summed E-state index contributed by atoms with van der Waals surface area (Å²) >= 11 is 6.19. The highest BCUT2D eigenvalue weighted by Crippen LogP contribution is 2.31. The van der Waals surface area contributed by atoms with Gasteiger partial charge >= 0.3 is 6.03 Å². The Labute approximate surface area is 155 Å². The standard InChI is InChI=1S/C16H19ClN6O3/c1-8(2)22-16(24)23-11-5-4-9(6-10(11)17)26-15-12(14(19)25-3)13(18)20-7-21-15/h4-8,19H,1-3H3,(H2,18,20,21)(H2,22,23,24). The number of nitrogen functional groups attached to an aromatic ring is 1. The highest BCUT2D eigenvalue weighted by molar-refractivity contribution is 6.33. The second-order valence-electron chi connectivity index (χ2n) is 5.47. The van der Waals surface area contributed by atoms with Gasteiger partial charge in [0.25, 0.3) is 0 Å². The highest BCUT2D eigenvalue weighted by Gasteiger charge is 2.18. The number of urea groups is 1. The number of nitrogens with zero attached hydrogens (tertiary/aromatic N) is 2. The summed E-state index contributed by atoms with van der Waals surface area (Å²) in [6.45, 7) is 3.70. The molecule has 0 aliphatic carbocycles. The third-order valence-electron chi connectivity index (χ3n) is 3.10. The summed E-state index contributed by atoms with van der Waals surface area (Å²) in [6.07, 6.45) is 1.21. The van der Waals surface area contributed by atoms with Crippen LogP contribution in [0.25, 0.3) is 0 Å². The molecule has 5 N–H and O–H groups in total. The van der Waals surface area contributed by atoms with Gasteiger partial charge < -0.3 is 25.8 Å². The van der Waals surface area contributed by atoms with E-state index in [1.165, 1.54) is 19.5 Å². The maximum absolute atomic E-state index is 11.8. The molecule has 10 heteroatoms. The summed E-state index contributed by atoms with van der Waals surface area (Å²) in [5, 5.41) is 13.4. The number of benzene rings is 1. The number of methoxy groups -OCH3 is 1. The lowest BCUT2D eigenvalue weighted by molar-refractivity contribution is 0.250. The van der Waals surface area contributed by atoms with Crippen LogP contribution in [-0.2, 0) is 4.74 Å². The van der Waals surface area contributed by atoms with E-state index in [0.29, 0.717) is 11.4 Å². The molecule has 0 bridgehead atoms. The average molecular weight is 379 g/mol. The number of hydrogen-bond donors (Lipinski definition) is 4. The van der Waals surface area contributed by atoms with Gasteiger partial charge in [0.2, 0.25) is 11.8 Å². The minimum Gasteiger partial charge on any atom is -0.481 e. The maximum atomic E-state index is 11.8. The topological polar surface area (TPSA) is 135 Å². The molecule has 0 atom stereocenters. The first-order valence-corrected chi connectivity index (χ1v) is 7.98. The fourth-order valence-corrected chi connectivity index (χ4v) is 2.19. The van der Waals surface area contributed by atoms with E-state index in [-0.39, 0.29) is 40.3 Å². The summed E-state index contributed by atoms with van der Waals surface area (Å²) in [7, 11) is 1.33. The van der Waals surface area contributed by atoms with Gasteiger partial charge in [0.1, 0.15) is 23.5 Å². The first-order chi connectivity index (χ1) is 12.3. The number of carbonyl (C=O) groups excluding carboxylic acids is 1. The lowest BCUT2D eigenvalue weighted by atomic mass is 10.2. The lowest BCUT2D eigenvalue weighted by Gasteiger charge is -2.13. The molecule has 0 radical (unpaired) electrons. The molecule has 1 aromatic heterocycles. The minimum absolute atomic E-state index is 0.00544. The van der Waals surface area contributed by atoms with Crippen LogP contribution in [-0.4, -0.2) is 35.0 Å². The third kappa shape index (κ3) is 4.73. The zero-order chi connectivity index (χ0) is 19.3. The van der Waals surface area contributed by atoms with Crippen LogP contribution in [0, 0.1) is 5.41 Å². The molecule has 0 saturated heterocycles. The van der Waals surface area contributed by atoms with Gasteiger partial charge in [0, 0.05) is 12.1 Å². The number of rotatable bonds is 5. The van der Waals surface area contributed by atoms with Crippen molar-refractivity contribution in [1.29, 1.82) is 5.41 Å². The molecule has 0 aliphatic heterocycles. The van der Waals surface area contributed by atoms with Gasteiger partial charge in [-0.15, -0.1) is 0 Å². The molecular formula is C16H19ClN6O3. The van der Waals surface area contributed by atoms with E-state index in [9.17, 15) is 4.79 Å². The Bertz CT molecular complexity index is 828. The Balaban J connectivity index is 2.22. The van der Waals surface area contributed by atoms with Gasteiger partial charge in [-0.2, -0.15) is 0 Å². The first-order valence-electron chi connectivity index (χ1n) is 7.60.